The van der Waals surface area contributed by atoms with Gasteiger partial charge in [0.15, 0.2) is 15.6 Å². The Bertz CT molecular complexity index is 1420. The highest BCUT2D eigenvalue weighted by atomic mass is 32.2. The van der Waals surface area contributed by atoms with E-state index in [1.807, 2.05) is 6.07 Å². The van der Waals surface area contributed by atoms with Crippen LogP contribution in [0.5, 0.6) is 0 Å². The summed E-state index contributed by atoms with van der Waals surface area (Å²) in [7, 11) is -3.83. The van der Waals surface area contributed by atoms with Gasteiger partial charge in [0.05, 0.1) is 11.6 Å². The molecule has 1 atom stereocenters. The molecule has 0 spiro atoms. The summed E-state index contributed by atoms with van der Waals surface area (Å²) in [5.41, 5.74) is 0.647. The fourth-order valence-corrected chi connectivity index (χ4v) is 4.42. The van der Waals surface area contributed by atoms with Gasteiger partial charge in [-0.05, 0) is 54.6 Å². The van der Waals surface area contributed by atoms with E-state index >= 15 is 0 Å². The van der Waals surface area contributed by atoms with E-state index < -0.39 is 32.8 Å². The van der Waals surface area contributed by atoms with Crippen LogP contribution in [0, 0.1) is 17.1 Å². The lowest BCUT2D eigenvalue weighted by molar-refractivity contribution is -0.124. The number of hydrogen-bond donors (Lipinski definition) is 1. The molecule has 0 saturated heterocycles. The van der Waals surface area contributed by atoms with Crippen molar-refractivity contribution in [2.75, 3.05) is 12.9 Å². The van der Waals surface area contributed by atoms with Crippen LogP contribution >= 0.6 is 0 Å². The highest BCUT2D eigenvalue weighted by molar-refractivity contribution is 7.92. The molecule has 0 amide bonds. The summed E-state index contributed by atoms with van der Waals surface area (Å²) in [6.45, 7) is 0.284. The molecule has 0 radical (unpaired) electrons. The van der Waals surface area contributed by atoms with Gasteiger partial charge in [-0.3, -0.25) is 9.59 Å². The summed E-state index contributed by atoms with van der Waals surface area (Å²) in [4.78, 5) is 25.0. The monoisotopic (exact) mass is 456 g/mol. The number of aliphatic hydroxyl groups excluding tert-OH is 1. The van der Waals surface area contributed by atoms with Gasteiger partial charge >= 0.3 is 0 Å². The highest BCUT2D eigenvalue weighted by Crippen LogP contribution is 2.27. The van der Waals surface area contributed by atoms with E-state index in [0.717, 1.165) is 12.3 Å². The van der Waals surface area contributed by atoms with Crippen LogP contribution in [0.25, 0.3) is 21.9 Å². The van der Waals surface area contributed by atoms with E-state index in [2.05, 4.69) is 0 Å². The first-order chi connectivity index (χ1) is 15.0. The normalized spacial score (nSPS) is 13.5. The second kappa shape index (κ2) is 8.65. The second-order valence-corrected chi connectivity index (χ2v) is 10.2. The Hall–Kier alpha value is -3.35. The zero-order valence-electron chi connectivity index (χ0n) is 17.5. The minimum atomic E-state index is -3.83. The molecule has 3 aromatic rings. The zero-order valence-corrected chi connectivity index (χ0v) is 18.3. The molecule has 166 valence electrons. The van der Waals surface area contributed by atoms with E-state index in [-0.39, 0.29) is 24.1 Å². The van der Waals surface area contributed by atoms with Crippen LogP contribution in [0.3, 0.4) is 0 Å². The maximum absolute atomic E-state index is 14.4. The van der Waals surface area contributed by atoms with Gasteiger partial charge in [-0.15, -0.1) is 0 Å². The summed E-state index contributed by atoms with van der Waals surface area (Å²) in [6, 6.07) is 12.5. The molecule has 1 aromatic heterocycles. The van der Waals surface area contributed by atoms with Gasteiger partial charge in [0, 0.05) is 29.9 Å². The molecule has 1 heterocycles. The molecule has 0 saturated carbocycles. The van der Waals surface area contributed by atoms with Gasteiger partial charge in [-0.25, -0.2) is 12.8 Å². The van der Waals surface area contributed by atoms with E-state index in [0.29, 0.717) is 21.9 Å². The third kappa shape index (κ3) is 4.20. The van der Waals surface area contributed by atoms with Gasteiger partial charge in [0.25, 0.3) is 5.56 Å². The number of nitrogens with zero attached hydrogens (tertiary/aromatic N) is 2. The fourth-order valence-electron chi connectivity index (χ4n) is 3.48. The Balaban J connectivity index is 1.97. The van der Waals surface area contributed by atoms with Crippen molar-refractivity contribution in [2.45, 2.75) is 24.6 Å². The number of aromatic nitrogens is 1. The Kier molecular flexibility index (Phi) is 6.30. The Labute approximate surface area is 184 Å². The van der Waals surface area contributed by atoms with E-state index in [1.165, 1.54) is 29.8 Å². The molecular formula is C23H21FN2O5S. The number of Topliss-reactive ketones (excluding diaryl/α,β-unsaturated/α-hetero) is 1. The number of sulfone groups is 1. The van der Waals surface area contributed by atoms with Crippen LogP contribution in [-0.2, 0) is 21.2 Å². The average molecular weight is 456 g/mol. The number of rotatable bonds is 7. The number of carbonyl (C=O) groups excluding carboxylic acids is 1. The number of halogens is 1. The SMILES string of the molecule is C[C@@](CCn1ccc2cc(-c3ccc(C#N)cc3F)ccc2c1=O)(C(=O)CO)S(C)(=O)=O. The summed E-state index contributed by atoms with van der Waals surface area (Å²) in [5, 5.41) is 19.0. The number of hydrogen-bond acceptors (Lipinski definition) is 6. The molecule has 9 heteroatoms. The lowest BCUT2D eigenvalue weighted by atomic mass is 10.00. The number of fused-ring (bicyclic) bond motifs is 1. The summed E-state index contributed by atoms with van der Waals surface area (Å²) < 4.78 is 38.1. The minimum absolute atomic E-state index is 0.0456. The zero-order chi connectivity index (χ0) is 23.7. The number of aliphatic hydroxyl groups is 1. The molecule has 0 aliphatic rings. The maximum Gasteiger partial charge on any atom is 0.258 e. The third-order valence-corrected chi connectivity index (χ3v) is 7.84. The predicted octanol–water partition coefficient (Wildman–Crippen LogP) is 2.43. The van der Waals surface area contributed by atoms with Gasteiger partial charge in [0.2, 0.25) is 0 Å². The smallest absolute Gasteiger partial charge is 0.258 e. The van der Waals surface area contributed by atoms with E-state index in [9.17, 15) is 27.5 Å². The molecule has 0 fully saturated rings. The molecule has 7 nitrogen and oxygen atoms in total. The summed E-state index contributed by atoms with van der Waals surface area (Å²) in [6.07, 6.45) is 2.23. The molecule has 0 unspecified atom stereocenters. The standard InChI is InChI=1S/C23H21FN2O5S/c1-23(21(28)14-27,32(2,30)31)8-10-26-9-7-17-12-16(4-6-19(17)22(26)29)18-5-3-15(13-25)11-20(18)24/h3-7,9,11-12,27H,8,10,14H2,1-2H3/t23-/m1/s1. The number of ketones is 1. The fraction of sp³-hybridized carbons (Fsp3) is 0.261. The largest absolute Gasteiger partial charge is 0.389 e. The van der Waals surface area contributed by atoms with Gasteiger partial charge in [-0.1, -0.05) is 12.1 Å². The molecule has 0 bridgehead atoms. The molecule has 0 aliphatic carbocycles. The van der Waals surface area contributed by atoms with E-state index in [1.54, 1.807) is 24.3 Å². The first-order valence-corrected chi connectivity index (χ1v) is 11.6. The first-order valence-electron chi connectivity index (χ1n) is 9.69. The van der Waals surface area contributed by atoms with Gasteiger partial charge < -0.3 is 9.67 Å². The minimum Gasteiger partial charge on any atom is -0.389 e. The number of aryl methyl sites for hydroxylation is 1. The van der Waals surface area contributed by atoms with Crippen LogP contribution in [0.15, 0.2) is 53.5 Å². The van der Waals surface area contributed by atoms with Crippen molar-refractivity contribution >= 4 is 26.4 Å². The lowest BCUT2D eigenvalue weighted by Gasteiger charge is -2.25. The number of carbonyl (C=O) groups is 1. The van der Waals surface area contributed by atoms with Gasteiger partial charge in [0.1, 0.15) is 17.2 Å². The Morgan fingerprint density at radius 2 is 1.94 bits per heavy atom. The van der Waals surface area contributed by atoms with Crippen LogP contribution in [-0.4, -0.2) is 41.5 Å². The summed E-state index contributed by atoms with van der Waals surface area (Å²) in [5.74, 6) is -1.38. The Morgan fingerprint density at radius 1 is 1.22 bits per heavy atom. The van der Waals surface area contributed by atoms with Crippen molar-refractivity contribution in [3.8, 4) is 17.2 Å². The number of nitriles is 1. The van der Waals surface area contributed by atoms with Crippen molar-refractivity contribution in [3.63, 3.8) is 0 Å². The van der Waals surface area contributed by atoms with Gasteiger partial charge in [-0.2, -0.15) is 5.26 Å². The molecule has 3 rings (SSSR count). The van der Waals surface area contributed by atoms with Crippen LogP contribution < -0.4 is 5.56 Å². The molecule has 1 N–H and O–H groups in total. The maximum atomic E-state index is 14.4. The predicted molar refractivity (Wildman–Crippen MR) is 118 cm³/mol. The number of pyridine rings is 1. The Morgan fingerprint density at radius 3 is 2.53 bits per heavy atom. The van der Waals surface area contributed by atoms with Crippen LogP contribution in [0.4, 0.5) is 4.39 Å². The molecule has 0 aliphatic heterocycles. The third-order valence-electron chi connectivity index (χ3n) is 5.77. The van der Waals surface area contributed by atoms with Crippen LogP contribution in [0.2, 0.25) is 0 Å². The molecule has 32 heavy (non-hydrogen) atoms. The topological polar surface area (TPSA) is 117 Å². The van der Waals surface area contributed by atoms with Crippen molar-refractivity contribution in [1.29, 1.82) is 5.26 Å². The first kappa shape index (κ1) is 23.3. The quantitative estimate of drug-likeness (QED) is 0.584. The molecular weight excluding hydrogens is 435 g/mol. The van der Waals surface area contributed by atoms with Crippen molar-refractivity contribution in [3.05, 3.63) is 70.4 Å². The summed E-state index contributed by atoms with van der Waals surface area (Å²) >= 11 is 0. The van der Waals surface area contributed by atoms with E-state index in [4.69, 9.17) is 5.26 Å². The lowest BCUT2D eigenvalue weighted by Crippen LogP contribution is -2.46. The van der Waals surface area contributed by atoms with Crippen molar-refractivity contribution in [1.82, 2.24) is 4.57 Å². The van der Waals surface area contributed by atoms with Crippen molar-refractivity contribution in [2.24, 2.45) is 0 Å². The highest BCUT2D eigenvalue weighted by Gasteiger charge is 2.42. The number of benzene rings is 2. The van der Waals surface area contributed by atoms with Crippen molar-refractivity contribution < 1.29 is 22.7 Å². The average Bonchev–Trinajstić information content (AvgIpc) is 2.76. The van der Waals surface area contributed by atoms with Crippen LogP contribution in [0.1, 0.15) is 18.9 Å². The molecule has 2 aromatic carbocycles. The second-order valence-electron chi connectivity index (χ2n) is 7.76.